The Morgan fingerprint density at radius 1 is 0.833 bits per heavy atom. The van der Waals surface area contributed by atoms with Crippen molar-refractivity contribution in [1.29, 1.82) is 0 Å². The van der Waals surface area contributed by atoms with Crippen molar-refractivity contribution in [1.82, 2.24) is 0 Å². The van der Waals surface area contributed by atoms with Crippen molar-refractivity contribution >= 4 is 5.78 Å². The fourth-order valence-electron chi connectivity index (χ4n) is 4.23. The Kier molecular flexibility index (Phi) is 5.24. The van der Waals surface area contributed by atoms with Crippen molar-refractivity contribution in [2.75, 3.05) is 6.61 Å². The molecular weight excluding hydrogens is 376 g/mol. The SMILES string of the molecule is O=C1c2ccc(OC3CCCCO3)cc2O[C@H](c2ccccc2)[C@H]1c1ccccc1. The molecule has 0 N–H and O–H groups in total. The van der Waals surface area contributed by atoms with Gasteiger partial charge in [-0.15, -0.1) is 0 Å². The van der Waals surface area contributed by atoms with Gasteiger partial charge >= 0.3 is 0 Å². The number of rotatable bonds is 4. The van der Waals surface area contributed by atoms with Gasteiger partial charge in [0.1, 0.15) is 17.6 Å². The quantitative estimate of drug-likeness (QED) is 0.564. The molecule has 3 atom stereocenters. The highest BCUT2D eigenvalue weighted by Crippen LogP contribution is 2.45. The first-order valence-electron chi connectivity index (χ1n) is 10.5. The molecular formula is C26H24O4. The average molecular weight is 400 g/mol. The third-order valence-corrected chi connectivity index (χ3v) is 5.75. The van der Waals surface area contributed by atoms with E-state index in [1.54, 1.807) is 0 Å². The highest BCUT2D eigenvalue weighted by Gasteiger charge is 2.39. The molecule has 0 bridgehead atoms. The molecule has 0 radical (unpaired) electrons. The Bertz CT molecular complexity index is 1010. The Balaban J connectivity index is 1.51. The molecule has 1 unspecified atom stereocenters. The van der Waals surface area contributed by atoms with Crippen LogP contribution in [0.15, 0.2) is 78.9 Å². The molecule has 30 heavy (non-hydrogen) atoms. The number of carbonyl (C=O) groups excluding carboxylic acids is 1. The number of hydrogen-bond donors (Lipinski definition) is 0. The number of Topliss-reactive ketones (excluding diaryl/α,β-unsaturated/α-hetero) is 1. The van der Waals surface area contributed by atoms with Gasteiger partial charge in [0, 0.05) is 12.5 Å². The molecule has 3 aromatic carbocycles. The molecule has 3 aromatic rings. The number of carbonyl (C=O) groups is 1. The highest BCUT2D eigenvalue weighted by atomic mass is 16.7. The molecule has 152 valence electrons. The summed E-state index contributed by atoms with van der Waals surface area (Å²) in [6.45, 7) is 0.722. The third-order valence-electron chi connectivity index (χ3n) is 5.75. The summed E-state index contributed by atoms with van der Waals surface area (Å²) in [7, 11) is 0. The minimum atomic E-state index is -0.394. The lowest BCUT2D eigenvalue weighted by atomic mass is 9.81. The normalized spacial score (nSPS) is 23.3. The zero-order chi connectivity index (χ0) is 20.3. The van der Waals surface area contributed by atoms with Gasteiger partial charge in [0.2, 0.25) is 0 Å². The summed E-state index contributed by atoms with van der Waals surface area (Å²) in [5, 5.41) is 0. The van der Waals surface area contributed by atoms with Crippen molar-refractivity contribution in [3.63, 3.8) is 0 Å². The lowest BCUT2D eigenvalue weighted by Crippen LogP contribution is -2.30. The summed E-state index contributed by atoms with van der Waals surface area (Å²) in [6, 6.07) is 25.3. The zero-order valence-electron chi connectivity index (χ0n) is 16.7. The topological polar surface area (TPSA) is 44.8 Å². The largest absolute Gasteiger partial charge is 0.484 e. The first kappa shape index (κ1) is 18.9. The number of ether oxygens (including phenoxy) is 3. The zero-order valence-corrected chi connectivity index (χ0v) is 16.7. The monoisotopic (exact) mass is 400 g/mol. The molecule has 1 saturated heterocycles. The van der Waals surface area contributed by atoms with Gasteiger partial charge in [0.25, 0.3) is 0 Å². The van der Waals surface area contributed by atoms with Gasteiger partial charge < -0.3 is 14.2 Å². The van der Waals surface area contributed by atoms with Gasteiger partial charge in [-0.2, -0.15) is 0 Å². The van der Waals surface area contributed by atoms with Gasteiger partial charge in [-0.25, -0.2) is 0 Å². The summed E-state index contributed by atoms with van der Waals surface area (Å²) in [4.78, 5) is 13.6. The lowest BCUT2D eigenvalue weighted by Gasteiger charge is -2.33. The lowest BCUT2D eigenvalue weighted by molar-refractivity contribution is -0.106. The smallest absolute Gasteiger partial charge is 0.199 e. The Hall–Kier alpha value is -3.11. The Morgan fingerprint density at radius 2 is 1.57 bits per heavy atom. The van der Waals surface area contributed by atoms with E-state index >= 15 is 0 Å². The molecule has 4 nitrogen and oxygen atoms in total. The number of hydrogen-bond acceptors (Lipinski definition) is 4. The van der Waals surface area contributed by atoms with Gasteiger partial charge in [0.15, 0.2) is 12.1 Å². The molecule has 1 fully saturated rings. The van der Waals surface area contributed by atoms with E-state index in [9.17, 15) is 4.79 Å². The van der Waals surface area contributed by atoms with Crippen molar-refractivity contribution in [2.24, 2.45) is 0 Å². The molecule has 0 spiro atoms. The first-order valence-corrected chi connectivity index (χ1v) is 10.5. The van der Waals surface area contributed by atoms with E-state index in [1.807, 2.05) is 78.9 Å². The van der Waals surface area contributed by atoms with Crippen LogP contribution in [0.2, 0.25) is 0 Å². The van der Waals surface area contributed by atoms with E-state index in [0.29, 0.717) is 17.1 Å². The predicted molar refractivity (Wildman–Crippen MR) is 114 cm³/mol. The molecule has 2 heterocycles. The van der Waals surface area contributed by atoms with Crippen molar-refractivity contribution in [3.8, 4) is 11.5 Å². The van der Waals surface area contributed by atoms with Crippen LogP contribution in [-0.4, -0.2) is 18.7 Å². The van der Waals surface area contributed by atoms with Gasteiger partial charge in [-0.05, 0) is 36.1 Å². The number of benzene rings is 3. The highest BCUT2D eigenvalue weighted by molar-refractivity contribution is 6.04. The van der Waals surface area contributed by atoms with Crippen LogP contribution >= 0.6 is 0 Å². The fourth-order valence-corrected chi connectivity index (χ4v) is 4.23. The summed E-state index contributed by atoms with van der Waals surface area (Å²) in [6.07, 6.45) is 2.41. The average Bonchev–Trinajstić information content (AvgIpc) is 2.81. The summed E-state index contributed by atoms with van der Waals surface area (Å²) in [5.74, 6) is 0.902. The summed E-state index contributed by atoms with van der Waals surface area (Å²) in [5.41, 5.74) is 2.53. The van der Waals surface area contributed by atoms with Crippen molar-refractivity contribution < 1.29 is 19.0 Å². The molecule has 4 heteroatoms. The number of fused-ring (bicyclic) bond motifs is 1. The number of ketones is 1. The second kappa shape index (κ2) is 8.33. The van der Waals surface area contributed by atoms with Gasteiger partial charge in [-0.3, -0.25) is 4.79 Å². The van der Waals surface area contributed by atoms with Crippen LogP contribution < -0.4 is 9.47 Å². The summed E-state index contributed by atoms with van der Waals surface area (Å²) >= 11 is 0. The maximum Gasteiger partial charge on any atom is 0.199 e. The molecule has 2 aliphatic rings. The van der Waals surface area contributed by atoms with Crippen LogP contribution in [-0.2, 0) is 4.74 Å². The minimum absolute atomic E-state index is 0.0665. The molecule has 0 aromatic heterocycles. The van der Waals surface area contributed by atoms with E-state index in [-0.39, 0.29) is 12.1 Å². The predicted octanol–water partition coefficient (Wildman–Crippen LogP) is 5.69. The molecule has 0 amide bonds. The minimum Gasteiger partial charge on any atom is -0.484 e. The van der Waals surface area contributed by atoms with Gasteiger partial charge in [0.05, 0.1) is 18.1 Å². The summed E-state index contributed by atoms with van der Waals surface area (Å²) < 4.78 is 18.1. The van der Waals surface area contributed by atoms with Crippen LogP contribution in [0.25, 0.3) is 0 Å². The van der Waals surface area contributed by atoms with E-state index in [4.69, 9.17) is 14.2 Å². The molecule has 0 saturated carbocycles. The van der Waals surface area contributed by atoms with Gasteiger partial charge in [-0.1, -0.05) is 60.7 Å². The van der Waals surface area contributed by atoms with E-state index in [0.717, 1.165) is 37.0 Å². The maximum absolute atomic E-state index is 13.6. The second-order valence-corrected chi connectivity index (χ2v) is 7.77. The van der Waals surface area contributed by atoms with E-state index in [2.05, 4.69) is 0 Å². The molecule has 5 rings (SSSR count). The Labute approximate surface area is 176 Å². The van der Waals surface area contributed by atoms with Crippen molar-refractivity contribution in [3.05, 3.63) is 95.6 Å². The first-order chi connectivity index (χ1) is 14.8. The Morgan fingerprint density at radius 3 is 2.27 bits per heavy atom. The van der Waals surface area contributed by atoms with Crippen LogP contribution in [0.3, 0.4) is 0 Å². The van der Waals surface area contributed by atoms with Crippen LogP contribution in [0.4, 0.5) is 0 Å². The van der Waals surface area contributed by atoms with Crippen molar-refractivity contribution in [2.45, 2.75) is 37.6 Å². The standard InChI is InChI=1S/C26H24O4/c27-25-21-15-14-20(29-23-13-7-8-16-28-23)17-22(21)30-26(19-11-5-2-6-12-19)24(25)18-9-3-1-4-10-18/h1-6,9-12,14-15,17,23-24,26H,7-8,13,16H2/t23?,24-,26+/m0/s1. The molecule has 2 aliphatic heterocycles. The third kappa shape index (κ3) is 3.71. The molecule has 0 aliphatic carbocycles. The van der Waals surface area contributed by atoms with Crippen LogP contribution in [0.1, 0.15) is 52.8 Å². The van der Waals surface area contributed by atoms with E-state index < -0.39 is 12.0 Å². The fraction of sp³-hybridized carbons (Fsp3) is 0.269. The van der Waals surface area contributed by atoms with E-state index in [1.165, 1.54) is 0 Å². The maximum atomic E-state index is 13.6. The van der Waals surface area contributed by atoms with Crippen LogP contribution in [0.5, 0.6) is 11.5 Å². The van der Waals surface area contributed by atoms with Crippen LogP contribution in [0, 0.1) is 0 Å². The second-order valence-electron chi connectivity index (χ2n) is 7.77.